The largest absolute Gasteiger partial charge is 0.496 e. The van der Waals surface area contributed by atoms with Gasteiger partial charge in [-0.15, -0.1) is 0 Å². The second kappa shape index (κ2) is 10.9. The third-order valence-corrected chi connectivity index (χ3v) is 8.06. The van der Waals surface area contributed by atoms with Crippen molar-refractivity contribution in [3.8, 4) is 5.75 Å². The Morgan fingerprint density at radius 1 is 1.21 bits per heavy atom. The number of benzene rings is 1. The van der Waals surface area contributed by atoms with Crippen molar-refractivity contribution in [2.75, 3.05) is 25.9 Å². The SMILES string of the molecule is COc1ccc(C=NNC(=O)c2nc(Cl)c(Cl)c(N)c2Cl)cc1CN1CC2CC(C1)c1cccc(=O)n1C2. The number of hydrazone groups is 1. The molecule has 0 radical (unpaired) electrons. The van der Waals surface area contributed by atoms with Gasteiger partial charge in [-0.1, -0.05) is 40.9 Å². The normalized spacial score (nSPS) is 18.8. The Balaban J connectivity index is 1.29. The van der Waals surface area contributed by atoms with Crippen molar-refractivity contribution in [2.24, 2.45) is 11.0 Å². The Kier molecular flexibility index (Phi) is 7.63. The predicted octanol–water partition coefficient (Wildman–Crippen LogP) is 4.18. The number of rotatable bonds is 6. The number of nitrogens with zero attached hydrogens (tertiary/aromatic N) is 4. The smallest absolute Gasteiger partial charge is 0.291 e. The van der Waals surface area contributed by atoms with Crippen molar-refractivity contribution < 1.29 is 9.53 Å². The molecule has 2 unspecified atom stereocenters. The quantitative estimate of drug-likeness (QED) is 0.259. The number of likely N-dealkylation sites (tertiary alicyclic amines) is 1. The van der Waals surface area contributed by atoms with E-state index in [4.69, 9.17) is 45.3 Å². The minimum Gasteiger partial charge on any atom is -0.496 e. The number of halogens is 3. The Morgan fingerprint density at radius 2 is 2.03 bits per heavy atom. The summed E-state index contributed by atoms with van der Waals surface area (Å²) in [4.78, 5) is 31.2. The summed E-state index contributed by atoms with van der Waals surface area (Å²) in [5.74, 6) is 0.826. The van der Waals surface area contributed by atoms with Crippen LogP contribution in [0.25, 0.3) is 0 Å². The molecular weight excluding hydrogens is 551 g/mol. The number of anilines is 1. The van der Waals surface area contributed by atoms with Gasteiger partial charge in [-0.25, -0.2) is 10.4 Å². The number of nitrogens with one attached hydrogen (secondary N) is 1. The minimum absolute atomic E-state index is 0.0158. The molecule has 1 fully saturated rings. The molecule has 2 aromatic heterocycles. The van der Waals surface area contributed by atoms with Gasteiger partial charge in [0.1, 0.15) is 10.8 Å². The first kappa shape index (κ1) is 26.5. The van der Waals surface area contributed by atoms with E-state index in [-0.39, 0.29) is 32.1 Å². The van der Waals surface area contributed by atoms with E-state index in [9.17, 15) is 9.59 Å². The van der Waals surface area contributed by atoms with Gasteiger partial charge in [0.05, 0.1) is 24.0 Å². The molecule has 3 N–H and O–H groups in total. The van der Waals surface area contributed by atoms with Gasteiger partial charge in [-0.05, 0) is 42.2 Å². The summed E-state index contributed by atoms with van der Waals surface area (Å²) in [5, 5.41) is 3.80. The highest BCUT2D eigenvalue weighted by Gasteiger charge is 2.34. The monoisotopic (exact) mass is 574 g/mol. The van der Waals surface area contributed by atoms with Crippen LogP contribution in [0.1, 0.15) is 39.6 Å². The lowest BCUT2D eigenvalue weighted by molar-refractivity contribution is 0.0950. The second-order valence-corrected chi connectivity index (χ2v) is 10.6. The Morgan fingerprint density at radius 3 is 2.82 bits per heavy atom. The van der Waals surface area contributed by atoms with Crippen molar-refractivity contribution in [3.05, 3.63) is 84.5 Å². The number of hydrogen-bond acceptors (Lipinski definition) is 7. The van der Waals surface area contributed by atoms with Gasteiger partial charge in [0.2, 0.25) is 0 Å². The molecule has 5 rings (SSSR count). The molecule has 0 aliphatic carbocycles. The second-order valence-electron chi connectivity index (χ2n) is 9.46. The molecule has 4 heterocycles. The predicted molar refractivity (Wildman–Crippen MR) is 149 cm³/mol. The molecule has 12 heteroatoms. The van der Waals surface area contributed by atoms with E-state index in [2.05, 4.69) is 26.5 Å². The molecule has 0 saturated carbocycles. The number of aromatic nitrogens is 2. The summed E-state index contributed by atoms with van der Waals surface area (Å²) in [7, 11) is 1.64. The molecule has 2 aliphatic heterocycles. The zero-order chi connectivity index (χ0) is 27.0. The summed E-state index contributed by atoms with van der Waals surface area (Å²) >= 11 is 17.9. The van der Waals surface area contributed by atoms with E-state index in [0.29, 0.717) is 18.4 Å². The van der Waals surface area contributed by atoms with Crippen LogP contribution in [0.5, 0.6) is 5.75 Å². The van der Waals surface area contributed by atoms with Gasteiger partial charge in [0, 0.05) is 49.4 Å². The molecule has 3 aromatic rings. The van der Waals surface area contributed by atoms with E-state index < -0.39 is 5.91 Å². The number of hydrogen-bond donors (Lipinski definition) is 2. The maximum Gasteiger partial charge on any atom is 0.291 e. The van der Waals surface area contributed by atoms with Crippen molar-refractivity contribution in [2.45, 2.75) is 25.4 Å². The van der Waals surface area contributed by atoms with Crippen molar-refractivity contribution in [1.82, 2.24) is 19.9 Å². The van der Waals surface area contributed by atoms with E-state index >= 15 is 0 Å². The highest BCUT2D eigenvalue weighted by atomic mass is 35.5. The molecule has 1 amide bonds. The Hall–Kier alpha value is -3.11. The lowest BCUT2D eigenvalue weighted by atomic mass is 9.83. The number of nitrogen functional groups attached to an aromatic ring is 1. The van der Waals surface area contributed by atoms with Gasteiger partial charge < -0.3 is 15.0 Å². The highest BCUT2D eigenvalue weighted by molar-refractivity contribution is 6.46. The zero-order valence-corrected chi connectivity index (χ0v) is 22.7. The minimum atomic E-state index is -0.676. The average molecular weight is 576 g/mol. The number of methoxy groups -OCH3 is 1. The lowest BCUT2D eigenvalue weighted by Crippen LogP contribution is -2.46. The number of nitrogens with two attached hydrogens (primary N) is 1. The van der Waals surface area contributed by atoms with E-state index in [1.807, 2.05) is 28.8 Å². The van der Waals surface area contributed by atoms with Crippen LogP contribution >= 0.6 is 34.8 Å². The number of piperidine rings is 1. The van der Waals surface area contributed by atoms with Gasteiger partial charge in [0.15, 0.2) is 10.8 Å². The van der Waals surface area contributed by atoms with Crippen molar-refractivity contribution in [1.29, 1.82) is 0 Å². The number of fused-ring (bicyclic) bond motifs is 4. The summed E-state index contributed by atoms with van der Waals surface area (Å²) in [6, 6.07) is 11.2. The van der Waals surface area contributed by atoms with Crippen LogP contribution in [0.3, 0.4) is 0 Å². The molecule has 38 heavy (non-hydrogen) atoms. The van der Waals surface area contributed by atoms with Gasteiger partial charge >= 0.3 is 0 Å². The maximum absolute atomic E-state index is 12.5. The molecule has 9 nitrogen and oxygen atoms in total. The van der Waals surface area contributed by atoms with E-state index in [0.717, 1.165) is 48.6 Å². The van der Waals surface area contributed by atoms with Crippen LogP contribution < -0.4 is 21.5 Å². The van der Waals surface area contributed by atoms with Crippen LogP contribution in [0.4, 0.5) is 5.69 Å². The summed E-state index contributed by atoms with van der Waals surface area (Å²) in [6.45, 7) is 3.19. The fourth-order valence-electron chi connectivity index (χ4n) is 5.27. The average Bonchev–Trinajstić information content (AvgIpc) is 2.90. The van der Waals surface area contributed by atoms with E-state index in [1.54, 1.807) is 13.2 Å². The van der Waals surface area contributed by atoms with Crippen molar-refractivity contribution in [3.63, 3.8) is 0 Å². The third-order valence-electron chi connectivity index (χ3n) is 6.92. The topological polar surface area (TPSA) is 115 Å². The molecule has 1 saturated heterocycles. The van der Waals surface area contributed by atoms with Gasteiger partial charge in [-0.2, -0.15) is 5.10 Å². The van der Waals surface area contributed by atoms with E-state index in [1.165, 1.54) is 6.21 Å². The first-order valence-corrected chi connectivity index (χ1v) is 13.1. The molecule has 0 spiro atoms. The number of amides is 1. The van der Waals surface area contributed by atoms with Gasteiger partial charge in [0.25, 0.3) is 11.5 Å². The maximum atomic E-state index is 12.5. The number of carbonyl (C=O) groups is 1. The standard InChI is InChI=1S/C26H25Cl3N6O3/c1-38-19-6-5-14(9-31-33-26(37)24-21(27)23(30)22(28)25(29)32-24)7-17(19)13-34-10-15-8-16(12-34)18-3-2-4-20(36)35(18)11-15/h2-7,9,15-16H,8,10-13H2,1H3,(H2,30,32)(H,33,37). The molecule has 1 aromatic carbocycles. The van der Waals surface area contributed by atoms with Crippen molar-refractivity contribution >= 4 is 52.6 Å². The number of carbonyl (C=O) groups excluding carboxylic acids is 1. The summed E-state index contributed by atoms with van der Waals surface area (Å²) in [6.07, 6.45) is 2.61. The van der Waals surface area contributed by atoms with Crippen LogP contribution in [-0.2, 0) is 13.1 Å². The fourth-order valence-corrected chi connectivity index (χ4v) is 5.86. The lowest BCUT2D eigenvalue weighted by Gasteiger charge is -2.42. The third kappa shape index (κ3) is 5.24. The Labute approximate surface area is 234 Å². The zero-order valence-electron chi connectivity index (χ0n) is 20.5. The fraction of sp³-hybridized carbons (Fsp3) is 0.308. The number of ether oxygens (including phenoxy) is 1. The van der Waals surface area contributed by atoms with Crippen LogP contribution in [0.15, 0.2) is 46.3 Å². The van der Waals surface area contributed by atoms with Crippen LogP contribution in [0.2, 0.25) is 15.2 Å². The molecule has 198 valence electrons. The summed E-state index contributed by atoms with van der Waals surface area (Å²) < 4.78 is 7.54. The van der Waals surface area contributed by atoms with Gasteiger partial charge in [-0.3, -0.25) is 14.5 Å². The highest BCUT2D eigenvalue weighted by Crippen LogP contribution is 2.36. The molecule has 2 aliphatic rings. The first-order chi connectivity index (χ1) is 18.2. The molecule has 2 bridgehead atoms. The molecular formula is C26H25Cl3N6O3. The van der Waals surface area contributed by atoms with Crippen LogP contribution in [-0.4, -0.2) is 46.8 Å². The summed E-state index contributed by atoms with van der Waals surface area (Å²) in [5.41, 5.74) is 10.9. The molecule has 2 atom stereocenters. The number of pyridine rings is 2. The first-order valence-electron chi connectivity index (χ1n) is 12.0. The Bertz CT molecular complexity index is 1490. The van der Waals surface area contributed by atoms with Crippen LogP contribution in [0, 0.1) is 5.92 Å².